The monoisotopic (exact) mass is 405 g/mol. The SMILES string of the molecule is CC1(C)OC(=C2C(=O)Nc3ccc(F)cc32)C=C1c1ccc(N2CCCCC2)nc1. The van der Waals surface area contributed by atoms with Gasteiger partial charge in [0.05, 0.1) is 5.57 Å². The number of ether oxygens (including phenoxy) is 1. The van der Waals surface area contributed by atoms with Gasteiger partial charge in [-0.3, -0.25) is 4.79 Å². The Labute approximate surface area is 175 Å². The van der Waals surface area contributed by atoms with E-state index < -0.39 is 5.60 Å². The molecule has 6 heteroatoms. The molecule has 0 radical (unpaired) electrons. The number of carbonyl (C=O) groups is 1. The predicted molar refractivity (Wildman–Crippen MR) is 115 cm³/mol. The Kier molecular flexibility index (Phi) is 4.38. The van der Waals surface area contributed by atoms with Gasteiger partial charge in [0.2, 0.25) is 0 Å². The van der Waals surface area contributed by atoms with Crippen molar-refractivity contribution in [2.24, 2.45) is 0 Å². The molecule has 30 heavy (non-hydrogen) atoms. The van der Waals surface area contributed by atoms with Crippen molar-refractivity contribution in [3.63, 3.8) is 0 Å². The third kappa shape index (κ3) is 3.16. The maximum atomic E-state index is 13.8. The lowest BCUT2D eigenvalue weighted by molar-refractivity contribution is -0.111. The molecule has 5 nitrogen and oxygen atoms in total. The molecular formula is C24H24FN3O2. The van der Waals surface area contributed by atoms with Gasteiger partial charge in [0.25, 0.3) is 5.91 Å². The molecule has 0 unspecified atom stereocenters. The highest BCUT2D eigenvalue weighted by Gasteiger charge is 2.38. The highest BCUT2D eigenvalue weighted by atomic mass is 19.1. The number of fused-ring (bicyclic) bond motifs is 1. The van der Waals surface area contributed by atoms with Gasteiger partial charge >= 0.3 is 0 Å². The molecule has 4 heterocycles. The second kappa shape index (κ2) is 6.97. The number of carbonyl (C=O) groups excluding carboxylic acids is 1. The summed E-state index contributed by atoms with van der Waals surface area (Å²) in [4.78, 5) is 19.6. The maximum Gasteiger partial charge on any atom is 0.260 e. The smallest absolute Gasteiger partial charge is 0.260 e. The van der Waals surface area contributed by atoms with Crippen LogP contribution in [0.4, 0.5) is 15.9 Å². The third-order valence-corrected chi connectivity index (χ3v) is 6.00. The Bertz CT molecular complexity index is 1080. The maximum absolute atomic E-state index is 13.8. The molecule has 1 aromatic carbocycles. The van der Waals surface area contributed by atoms with Crippen LogP contribution in [0.1, 0.15) is 44.2 Å². The van der Waals surface area contributed by atoms with Gasteiger partial charge in [0.15, 0.2) is 0 Å². The van der Waals surface area contributed by atoms with Crippen LogP contribution in [0, 0.1) is 5.82 Å². The summed E-state index contributed by atoms with van der Waals surface area (Å²) in [5.74, 6) is 0.783. The van der Waals surface area contributed by atoms with Crippen molar-refractivity contribution in [3.8, 4) is 0 Å². The molecule has 2 aromatic rings. The second-order valence-corrected chi connectivity index (χ2v) is 8.51. The van der Waals surface area contributed by atoms with E-state index >= 15 is 0 Å². The number of nitrogens with one attached hydrogen (secondary N) is 1. The van der Waals surface area contributed by atoms with Crippen molar-refractivity contribution >= 4 is 28.6 Å². The highest BCUT2D eigenvalue weighted by Crippen LogP contribution is 2.44. The molecule has 0 aliphatic carbocycles. The number of benzene rings is 1. The fourth-order valence-corrected chi connectivity index (χ4v) is 4.46. The Morgan fingerprint density at radius 1 is 1.13 bits per heavy atom. The lowest BCUT2D eigenvalue weighted by Gasteiger charge is -2.28. The molecule has 0 atom stereocenters. The van der Waals surface area contributed by atoms with Crippen LogP contribution in [0.2, 0.25) is 0 Å². The van der Waals surface area contributed by atoms with Gasteiger partial charge in [-0.05, 0) is 69.5 Å². The zero-order chi connectivity index (χ0) is 20.9. The van der Waals surface area contributed by atoms with Gasteiger partial charge in [-0.25, -0.2) is 9.37 Å². The van der Waals surface area contributed by atoms with E-state index in [0.29, 0.717) is 22.6 Å². The molecule has 0 bridgehead atoms. The zero-order valence-corrected chi connectivity index (χ0v) is 17.2. The van der Waals surface area contributed by atoms with E-state index in [0.717, 1.165) is 30.0 Å². The Morgan fingerprint density at radius 2 is 1.93 bits per heavy atom. The number of hydrogen-bond acceptors (Lipinski definition) is 4. The largest absolute Gasteiger partial charge is 0.482 e. The van der Waals surface area contributed by atoms with Crippen LogP contribution in [0.3, 0.4) is 0 Å². The summed E-state index contributed by atoms with van der Waals surface area (Å²) >= 11 is 0. The number of amides is 1. The van der Waals surface area contributed by atoms with Crippen molar-refractivity contribution < 1.29 is 13.9 Å². The first-order valence-electron chi connectivity index (χ1n) is 10.4. The first-order chi connectivity index (χ1) is 14.4. The molecule has 1 N–H and O–H groups in total. The molecule has 0 spiro atoms. The minimum absolute atomic E-state index is 0.280. The predicted octanol–water partition coefficient (Wildman–Crippen LogP) is 4.77. The number of nitrogens with zero attached hydrogens (tertiary/aromatic N) is 2. The van der Waals surface area contributed by atoms with Crippen molar-refractivity contribution in [3.05, 3.63) is 65.3 Å². The van der Waals surface area contributed by atoms with Crippen LogP contribution in [0.25, 0.3) is 11.1 Å². The van der Waals surface area contributed by atoms with Crippen LogP contribution < -0.4 is 10.2 Å². The zero-order valence-electron chi connectivity index (χ0n) is 17.2. The van der Waals surface area contributed by atoms with Gasteiger partial charge in [0.1, 0.15) is 23.0 Å². The van der Waals surface area contributed by atoms with Crippen LogP contribution in [-0.2, 0) is 9.53 Å². The molecule has 1 aromatic heterocycles. The number of piperidine rings is 1. The van der Waals surface area contributed by atoms with E-state index in [-0.39, 0.29) is 11.7 Å². The van der Waals surface area contributed by atoms with Gasteiger partial charge in [-0.2, -0.15) is 0 Å². The number of allylic oxidation sites excluding steroid dienone is 1. The van der Waals surface area contributed by atoms with Gasteiger partial charge < -0.3 is 15.0 Å². The number of hydrogen-bond donors (Lipinski definition) is 1. The minimum Gasteiger partial charge on any atom is -0.482 e. The van der Waals surface area contributed by atoms with Crippen molar-refractivity contribution in [1.29, 1.82) is 0 Å². The lowest BCUT2D eigenvalue weighted by Crippen LogP contribution is -2.30. The molecule has 3 aliphatic heterocycles. The average Bonchev–Trinajstić information content (AvgIpc) is 3.23. The number of anilines is 2. The Morgan fingerprint density at radius 3 is 2.67 bits per heavy atom. The first kappa shape index (κ1) is 18.9. The van der Waals surface area contributed by atoms with E-state index in [9.17, 15) is 9.18 Å². The van der Waals surface area contributed by atoms with Gasteiger partial charge in [-0.1, -0.05) is 0 Å². The molecule has 0 saturated carbocycles. The topological polar surface area (TPSA) is 54.5 Å². The first-order valence-corrected chi connectivity index (χ1v) is 10.4. The summed E-state index contributed by atoms with van der Waals surface area (Å²) in [6.45, 7) is 6.02. The van der Waals surface area contributed by atoms with Crippen LogP contribution in [-0.4, -0.2) is 29.6 Å². The summed E-state index contributed by atoms with van der Waals surface area (Å²) < 4.78 is 20.0. The van der Waals surface area contributed by atoms with E-state index in [1.807, 2.05) is 26.1 Å². The van der Waals surface area contributed by atoms with E-state index in [1.54, 1.807) is 6.07 Å². The molecule has 5 rings (SSSR count). The van der Waals surface area contributed by atoms with E-state index in [1.165, 1.54) is 31.4 Å². The number of pyridine rings is 1. The van der Waals surface area contributed by atoms with Crippen LogP contribution in [0.5, 0.6) is 0 Å². The van der Waals surface area contributed by atoms with Crippen molar-refractivity contribution in [1.82, 2.24) is 4.98 Å². The molecule has 3 aliphatic rings. The molecule has 1 fully saturated rings. The van der Waals surface area contributed by atoms with Crippen molar-refractivity contribution in [2.75, 3.05) is 23.3 Å². The molecule has 1 amide bonds. The van der Waals surface area contributed by atoms with Crippen LogP contribution >= 0.6 is 0 Å². The summed E-state index contributed by atoms with van der Waals surface area (Å²) in [7, 11) is 0. The third-order valence-electron chi connectivity index (χ3n) is 6.00. The number of aromatic nitrogens is 1. The molecular weight excluding hydrogens is 381 g/mol. The fourth-order valence-electron chi connectivity index (χ4n) is 4.46. The lowest BCUT2D eigenvalue weighted by atomic mass is 9.93. The summed E-state index contributed by atoms with van der Waals surface area (Å²) in [5.41, 5.74) is 2.76. The van der Waals surface area contributed by atoms with E-state index in [2.05, 4.69) is 27.3 Å². The quantitative estimate of drug-likeness (QED) is 0.732. The Balaban J connectivity index is 1.52. The fraction of sp³-hybridized carbons (Fsp3) is 0.333. The molecule has 1 saturated heterocycles. The standard InChI is InChI=1S/C24H24FN3O2/c1-24(2)18(15-6-9-21(26-14-15)28-10-4-3-5-11-28)13-20(30-24)22-17-12-16(25)7-8-19(17)27-23(22)29/h6-9,12-14H,3-5,10-11H2,1-2H3,(H,27,29). The number of halogens is 1. The number of rotatable bonds is 2. The van der Waals surface area contributed by atoms with E-state index in [4.69, 9.17) is 4.74 Å². The summed E-state index contributed by atoms with van der Waals surface area (Å²) in [6, 6.07) is 8.39. The van der Waals surface area contributed by atoms with Crippen LogP contribution in [0.15, 0.2) is 48.4 Å². The summed E-state index contributed by atoms with van der Waals surface area (Å²) in [6.07, 6.45) is 7.45. The normalized spacial score (nSPS) is 22.4. The average molecular weight is 405 g/mol. The Hall–Kier alpha value is -3.15. The van der Waals surface area contributed by atoms with Gasteiger partial charge in [-0.15, -0.1) is 0 Å². The van der Waals surface area contributed by atoms with Crippen molar-refractivity contribution in [2.45, 2.75) is 38.7 Å². The molecule has 154 valence electrons. The summed E-state index contributed by atoms with van der Waals surface area (Å²) in [5, 5.41) is 2.79. The highest BCUT2D eigenvalue weighted by molar-refractivity contribution is 6.32. The second-order valence-electron chi connectivity index (χ2n) is 8.51. The minimum atomic E-state index is -0.632. The van der Waals surface area contributed by atoms with Gasteiger partial charge in [0, 0.05) is 41.7 Å².